The van der Waals surface area contributed by atoms with Gasteiger partial charge in [-0.25, -0.2) is 8.42 Å². The molecule has 1 saturated carbocycles. The zero-order valence-electron chi connectivity index (χ0n) is 15.8. The second-order valence-electron chi connectivity index (χ2n) is 7.82. The molecule has 1 aliphatic carbocycles. The number of hydrogen-bond acceptors (Lipinski definition) is 4. The highest BCUT2D eigenvalue weighted by Crippen LogP contribution is 2.37. The largest absolute Gasteiger partial charge is 0.338 e. The molecule has 2 fully saturated rings. The monoisotopic (exact) mass is 399 g/mol. The van der Waals surface area contributed by atoms with Gasteiger partial charge >= 0.3 is 0 Å². The van der Waals surface area contributed by atoms with Crippen molar-refractivity contribution in [2.45, 2.75) is 30.7 Å². The van der Waals surface area contributed by atoms with E-state index in [9.17, 15) is 13.2 Å². The van der Waals surface area contributed by atoms with E-state index in [-0.39, 0.29) is 16.8 Å². The molecule has 28 heavy (non-hydrogen) atoms. The summed E-state index contributed by atoms with van der Waals surface area (Å²) in [6.45, 7) is 3.28. The lowest BCUT2D eigenvalue weighted by atomic mass is 9.98. The van der Waals surface area contributed by atoms with Crippen LogP contribution in [0.5, 0.6) is 0 Å². The van der Waals surface area contributed by atoms with E-state index in [1.807, 2.05) is 24.0 Å². The smallest absolute Gasteiger partial charge is 0.261 e. The number of anilines is 1. The zero-order valence-corrected chi connectivity index (χ0v) is 16.7. The molecule has 3 atom stereocenters. The number of carbonyl (C=O) groups is 1. The predicted molar refractivity (Wildman–Crippen MR) is 109 cm³/mol. The Morgan fingerprint density at radius 2 is 1.79 bits per heavy atom. The maximum absolute atomic E-state index is 12.8. The molecule has 148 valence electrons. The minimum Gasteiger partial charge on any atom is -0.338 e. The molecule has 2 aliphatic rings. The molecule has 3 N–H and O–H groups in total. The van der Waals surface area contributed by atoms with Crippen molar-refractivity contribution in [3.63, 3.8) is 0 Å². The van der Waals surface area contributed by atoms with E-state index in [4.69, 9.17) is 5.73 Å². The van der Waals surface area contributed by atoms with E-state index in [1.54, 1.807) is 24.3 Å². The number of carbonyl (C=O) groups excluding carboxylic acids is 1. The van der Waals surface area contributed by atoms with Crippen LogP contribution in [0.25, 0.3) is 0 Å². The van der Waals surface area contributed by atoms with E-state index in [0.717, 1.165) is 24.9 Å². The van der Waals surface area contributed by atoms with Crippen LogP contribution < -0.4 is 10.5 Å². The second-order valence-corrected chi connectivity index (χ2v) is 9.50. The Morgan fingerprint density at radius 1 is 1.07 bits per heavy atom. The van der Waals surface area contributed by atoms with Crippen LogP contribution in [-0.2, 0) is 10.0 Å². The maximum atomic E-state index is 12.8. The summed E-state index contributed by atoms with van der Waals surface area (Å²) in [4.78, 5) is 14.8. The minimum atomic E-state index is -3.71. The van der Waals surface area contributed by atoms with Crippen LogP contribution in [0.2, 0.25) is 0 Å². The number of amides is 1. The third-order valence-electron chi connectivity index (χ3n) is 6.00. The van der Waals surface area contributed by atoms with Crippen molar-refractivity contribution in [2.24, 2.45) is 17.6 Å². The van der Waals surface area contributed by atoms with Gasteiger partial charge in [0.1, 0.15) is 0 Å². The SMILES string of the molecule is Cc1ccccc1NS(=O)(=O)c1ccc(C(=O)N2CC3CCC(N)C3C2)cc1. The van der Waals surface area contributed by atoms with Crippen LogP contribution in [0.15, 0.2) is 53.4 Å². The highest BCUT2D eigenvalue weighted by Gasteiger charge is 2.42. The van der Waals surface area contributed by atoms with Gasteiger partial charge in [0, 0.05) is 24.7 Å². The molecule has 3 unspecified atom stereocenters. The molecule has 0 radical (unpaired) electrons. The molecular formula is C21H25N3O3S. The lowest BCUT2D eigenvalue weighted by Gasteiger charge is -2.19. The van der Waals surface area contributed by atoms with Crippen LogP contribution in [0.1, 0.15) is 28.8 Å². The highest BCUT2D eigenvalue weighted by atomic mass is 32.2. The van der Waals surface area contributed by atoms with Crippen LogP contribution in [0.3, 0.4) is 0 Å². The summed E-state index contributed by atoms with van der Waals surface area (Å²) in [5.41, 5.74) is 8.04. The van der Waals surface area contributed by atoms with Crippen molar-refractivity contribution in [2.75, 3.05) is 17.8 Å². The Kier molecular flexibility index (Phi) is 4.89. The minimum absolute atomic E-state index is 0.0580. The molecule has 1 heterocycles. The van der Waals surface area contributed by atoms with Gasteiger partial charge in [-0.1, -0.05) is 18.2 Å². The van der Waals surface area contributed by atoms with Gasteiger partial charge in [0.25, 0.3) is 15.9 Å². The molecule has 1 saturated heterocycles. The number of likely N-dealkylation sites (tertiary alicyclic amines) is 1. The number of fused-ring (bicyclic) bond motifs is 1. The Bertz CT molecular complexity index is 988. The molecule has 0 bridgehead atoms. The van der Waals surface area contributed by atoms with Gasteiger partial charge in [0.2, 0.25) is 0 Å². The lowest BCUT2D eigenvalue weighted by molar-refractivity contribution is 0.0779. The van der Waals surface area contributed by atoms with E-state index >= 15 is 0 Å². The van der Waals surface area contributed by atoms with Gasteiger partial charge in [0.05, 0.1) is 10.6 Å². The van der Waals surface area contributed by atoms with E-state index < -0.39 is 10.0 Å². The molecule has 1 aliphatic heterocycles. The summed E-state index contributed by atoms with van der Waals surface area (Å²) in [5, 5.41) is 0. The summed E-state index contributed by atoms with van der Waals surface area (Å²) >= 11 is 0. The number of nitrogens with two attached hydrogens (primary N) is 1. The van der Waals surface area contributed by atoms with Gasteiger partial charge in [-0.05, 0) is 67.5 Å². The third kappa shape index (κ3) is 3.52. The van der Waals surface area contributed by atoms with Crippen LogP contribution >= 0.6 is 0 Å². The summed E-state index contributed by atoms with van der Waals surface area (Å²) in [7, 11) is -3.71. The predicted octanol–water partition coefficient (Wildman–Crippen LogP) is 2.61. The van der Waals surface area contributed by atoms with Gasteiger partial charge < -0.3 is 10.6 Å². The number of nitrogens with one attached hydrogen (secondary N) is 1. The molecule has 6 nitrogen and oxygen atoms in total. The van der Waals surface area contributed by atoms with Gasteiger partial charge in [0.15, 0.2) is 0 Å². The van der Waals surface area contributed by atoms with E-state index in [2.05, 4.69) is 4.72 Å². The molecule has 2 aromatic carbocycles. The first-order valence-corrected chi connectivity index (χ1v) is 11.1. The van der Waals surface area contributed by atoms with Crippen molar-refractivity contribution in [3.8, 4) is 0 Å². The molecular weight excluding hydrogens is 374 g/mol. The number of rotatable bonds is 4. The Morgan fingerprint density at radius 3 is 2.46 bits per heavy atom. The normalized spacial score (nSPS) is 24.2. The first-order chi connectivity index (χ1) is 13.3. The van der Waals surface area contributed by atoms with Gasteiger partial charge in [-0.2, -0.15) is 0 Å². The molecule has 4 rings (SSSR count). The molecule has 0 aromatic heterocycles. The average molecular weight is 400 g/mol. The number of benzene rings is 2. The van der Waals surface area contributed by atoms with Gasteiger partial charge in [-0.15, -0.1) is 0 Å². The molecule has 2 aromatic rings. The maximum Gasteiger partial charge on any atom is 0.261 e. The Hall–Kier alpha value is -2.38. The summed E-state index contributed by atoms with van der Waals surface area (Å²) < 4.78 is 27.9. The van der Waals surface area contributed by atoms with E-state index in [1.165, 1.54) is 12.1 Å². The summed E-state index contributed by atoms with van der Waals surface area (Å²) in [6.07, 6.45) is 2.12. The van der Waals surface area contributed by atoms with Crippen molar-refractivity contribution in [1.82, 2.24) is 4.90 Å². The lowest BCUT2D eigenvalue weighted by Crippen LogP contribution is -2.33. The quantitative estimate of drug-likeness (QED) is 0.827. The fourth-order valence-corrected chi connectivity index (χ4v) is 5.45. The molecule has 1 amide bonds. The van der Waals surface area contributed by atoms with Crippen molar-refractivity contribution in [1.29, 1.82) is 0 Å². The average Bonchev–Trinajstić information content (AvgIpc) is 3.25. The summed E-state index contributed by atoms with van der Waals surface area (Å²) in [6, 6.07) is 13.5. The first kappa shape index (κ1) is 19.0. The number of nitrogens with zero attached hydrogens (tertiary/aromatic N) is 1. The molecule has 0 spiro atoms. The highest BCUT2D eigenvalue weighted by molar-refractivity contribution is 7.92. The summed E-state index contributed by atoms with van der Waals surface area (Å²) in [5.74, 6) is 0.830. The standard InChI is InChI=1S/C21H25N3O3S/c1-14-4-2-3-5-20(14)23-28(26,27)17-9-6-15(7-10-17)21(25)24-12-16-8-11-19(22)18(16)13-24/h2-7,9-10,16,18-19,23H,8,11-13,22H2,1H3. The Balaban J connectivity index is 1.48. The number of para-hydroxylation sites is 1. The fraction of sp³-hybridized carbons (Fsp3) is 0.381. The van der Waals surface area contributed by atoms with Crippen LogP contribution in [0.4, 0.5) is 5.69 Å². The molecule has 7 heteroatoms. The van der Waals surface area contributed by atoms with Crippen molar-refractivity contribution < 1.29 is 13.2 Å². The first-order valence-electron chi connectivity index (χ1n) is 9.58. The topological polar surface area (TPSA) is 92.5 Å². The fourth-order valence-electron chi connectivity index (χ4n) is 4.32. The van der Waals surface area contributed by atoms with Crippen molar-refractivity contribution in [3.05, 3.63) is 59.7 Å². The second kappa shape index (κ2) is 7.22. The zero-order chi connectivity index (χ0) is 19.9. The van der Waals surface area contributed by atoms with Gasteiger partial charge in [-0.3, -0.25) is 9.52 Å². The van der Waals surface area contributed by atoms with Crippen molar-refractivity contribution >= 4 is 21.6 Å². The van der Waals surface area contributed by atoms with E-state index in [0.29, 0.717) is 29.6 Å². The number of aryl methyl sites for hydroxylation is 1. The van der Waals surface area contributed by atoms with Crippen LogP contribution in [-0.4, -0.2) is 38.4 Å². The number of hydrogen-bond donors (Lipinski definition) is 2. The number of sulfonamides is 1. The third-order valence-corrected chi connectivity index (χ3v) is 7.38. The Labute approximate surface area is 165 Å². The van der Waals surface area contributed by atoms with Crippen LogP contribution in [0, 0.1) is 18.8 Å².